The van der Waals surface area contributed by atoms with Gasteiger partial charge in [-0.05, 0) is 79.1 Å². The summed E-state index contributed by atoms with van der Waals surface area (Å²) in [6.07, 6.45) is 1.74. The fraction of sp³-hybridized carbons (Fsp3) is 0.115. The Morgan fingerprint density at radius 3 is 2.50 bits per heavy atom. The van der Waals surface area contributed by atoms with Crippen LogP contribution in [0.15, 0.2) is 71.6 Å². The van der Waals surface area contributed by atoms with E-state index in [4.69, 9.17) is 17.0 Å². The zero-order valence-corrected chi connectivity index (χ0v) is 20.1. The number of thioether (sulfide) groups is 1. The summed E-state index contributed by atoms with van der Waals surface area (Å²) in [6.45, 7) is 3.78. The third kappa shape index (κ3) is 5.52. The Labute approximate surface area is 206 Å². The number of aryl methyl sites for hydroxylation is 2. The maximum atomic E-state index is 13.2. The van der Waals surface area contributed by atoms with Crippen molar-refractivity contribution >= 4 is 57.6 Å². The molecule has 1 heterocycles. The van der Waals surface area contributed by atoms with Crippen LogP contribution in [0.25, 0.3) is 6.08 Å². The van der Waals surface area contributed by atoms with Crippen molar-refractivity contribution in [3.05, 3.63) is 94.1 Å². The first-order valence-electron chi connectivity index (χ1n) is 10.4. The van der Waals surface area contributed by atoms with Crippen molar-refractivity contribution in [3.63, 3.8) is 0 Å². The Bertz CT molecular complexity index is 1290. The molecule has 3 aromatic rings. The van der Waals surface area contributed by atoms with Crippen LogP contribution in [0.1, 0.15) is 16.7 Å². The van der Waals surface area contributed by atoms with Gasteiger partial charge in [-0.3, -0.25) is 14.5 Å². The molecule has 0 bridgehead atoms. The van der Waals surface area contributed by atoms with Gasteiger partial charge >= 0.3 is 0 Å². The van der Waals surface area contributed by atoms with E-state index in [9.17, 15) is 14.0 Å². The normalized spacial score (nSPS) is 14.6. The molecular weight excluding hydrogens is 471 g/mol. The molecule has 1 N–H and O–H groups in total. The first-order valence-corrected chi connectivity index (χ1v) is 11.7. The van der Waals surface area contributed by atoms with E-state index < -0.39 is 0 Å². The summed E-state index contributed by atoms with van der Waals surface area (Å²) in [5.74, 6) is -0.353. The molecule has 5 nitrogen and oxygen atoms in total. The summed E-state index contributed by atoms with van der Waals surface area (Å²) in [5, 5.41) is 2.86. The number of halogens is 1. The number of benzene rings is 3. The van der Waals surface area contributed by atoms with Gasteiger partial charge in [0.25, 0.3) is 11.8 Å². The maximum absolute atomic E-state index is 13.2. The fourth-order valence-electron chi connectivity index (χ4n) is 3.30. The molecule has 1 fully saturated rings. The Morgan fingerprint density at radius 1 is 1.09 bits per heavy atom. The highest BCUT2D eigenvalue weighted by atomic mass is 32.2. The lowest BCUT2D eigenvalue weighted by molar-refractivity contribution is -0.118. The van der Waals surface area contributed by atoms with Gasteiger partial charge in [-0.2, -0.15) is 0 Å². The van der Waals surface area contributed by atoms with Gasteiger partial charge in [0.1, 0.15) is 11.6 Å². The predicted molar refractivity (Wildman–Crippen MR) is 139 cm³/mol. The molecule has 0 radical (unpaired) electrons. The first kappa shape index (κ1) is 23.7. The van der Waals surface area contributed by atoms with E-state index in [0.29, 0.717) is 20.7 Å². The molecule has 3 aromatic carbocycles. The highest BCUT2D eigenvalue weighted by Gasteiger charge is 2.33. The summed E-state index contributed by atoms with van der Waals surface area (Å²) < 4.78 is 19.2. The Morgan fingerprint density at radius 2 is 1.79 bits per heavy atom. The average Bonchev–Trinajstić information content (AvgIpc) is 3.09. The molecule has 172 valence electrons. The smallest absolute Gasteiger partial charge is 0.270 e. The van der Waals surface area contributed by atoms with E-state index in [1.807, 2.05) is 32.0 Å². The number of hydrogen-bond acceptors (Lipinski definition) is 5. The van der Waals surface area contributed by atoms with E-state index in [1.165, 1.54) is 40.9 Å². The lowest BCUT2D eigenvalue weighted by Crippen LogP contribution is -2.27. The minimum Gasteiger partial charge on any atom is -0.484 e. The topological polar surface area (TPSA) is 58.6 Å². The molecule has 0 spiro atoms. The number of carbonyl (C=O) groups excluding carboxylic acids is 2. The van der Waals surface area contributed by atoms with Crippen molar-refractivity contribution in [1.82, 2.24) is 0 Å². The minimum atomic E-state index is -0.380. The Balaban J connectivity index is 1.37. The number of nitrogens with one attached hydrogen (secondary N) is 1. The summed E-state index contributed by atoms with van der Waals surface area (Å²) in [4.78, 5) is 26.9. The number of nitrogens with zero attached hydrogens (tertiary/aromatic N) is 1. The molecule has 34 heavy (non-hydrogen) atoms. The van der Waals surface area contributed by atoms with Crippen LogP contribution in [-0.4, -0.2) is 22.7 Å². The van der Waals surface area contributed by atoms with Gasteiger partial charge in [-0.25, -0.2) is 4.39 Å². The molecule has 4 rings (SSSR count). The van der Waals surface area contributed by atoms with Crippen LogP contribution in [0.4, 0.5) is 15.8 Å². The quantitative estimate of drug-likeness (QED) is 0.345. The van der Waals surface area contributed by atoms with Crippen molar-refractivity contribution < 1.29 is 18.7 Å². The van der Waals surface area contributed by atoms with Crippen LogP contribution in [0.2, 0.25) is 0 Å². The van der Waals surface area contributed by atoms with Gasteiger partial charge in [0, 0.05) is 5.69 Å². The molecule has 2 amide bonds. The van der Waals surface area contributed by atoms with Crippen LogP contribution < -0.4 is 15.0 Å². The summed E-state index contributed by atoms with van der Waals surface area (Å²) in [6, 6.07) is 18.5. The molecule has 8 heteroatoms. The monoisotopic (exact) mass is 492 g/mol. The van der Waals surface area contributed by atoms with Crippen molar-refractivity contribution in [2.24, 2.45) is 0 Å². The van der Waals surface area contributed by atoms with Gasteiger partial charge in [0.05, 0.1) is 10.6 Å². The van der Waals surface area contributed by atoms with Gasteiger partial charge in [-0.1, -0.05) is 48.2 Å². The highest BCUT2D eigenvalue weighted by Crippen LogP contribution is 2.36. The fourth-order valence-corrected chi connectivity index (χ4v) is 4.60. The maximum Gasteiger partial charge on any atom is 0.270 e. The number of ether oxygens (including phenoxy) is 1. The van der Waals surface area contributed by atoms with Crippen LogP contribution in [0.3, 0.4) is 0 Å². The number of anilines is 2. The zero-order chi connectivity index (χ0) is 24.2. The SMILES string of the molecule is Cc1ccc(C)c(NC(=O)COc2ccc(/C=C3\SC(=S)N(c4ccc(F)cc4)C3=O)cc2)c1. The van der Waals surface area contributed by atoms with E-state index >= 15 is 0 Å². The lowest BCUT2D eigenvalue weighted by atomic mass is 10.1. The number of thiocarbonyl (C=S) groups is 1. The van der Waals surface area contributed by atoms with E-state index in [-0.39, 0.29) is 24.2 Å². The van der Waals surface area contributed by atoms with Crippen molar-refractivity contribution in [2.75, 3.05) is 16.8 Å². The molecule has 1 saturated heterocycles. The average molecular weight is 493 g/mol. The largest absolute Gasteiger partial charge is 0.484 e. The molecular formula is C26H21FN2O3S2. The lowest BCUT2D eigenvalue weighted by Gasteiger charge is -2.14. The molecule has 1 aliphatic rings. The number of hydrogen-bond donors (Lipinski definition) is 1. The molecule has 0 aliphatic carbocycles. The van der Waals surface area contributed by atoms with E-state index in [2.05, 4.69) is 5.32 Å². The second-order valence-corrected chi connectivity index (χ2v) is 9.39. The van der Waals surface area contributed by atoms with Gasteiger partial charge in [0.15, 0.2) is 10.9 Å². The third-order valence-electron chi connectivity index (χ3n) is 5.09. The van der Waals surface area contributed by atoms with Crippen molar-refractivity contribution in [1.29, 1.82) is 0 Å². The first-order chi connectivity index (χ1) is 16.3. The number of rotatable bonds is 6. The number of carbonyl (C=O) groups is 2. The Hall–Kier alpha value is -3.49. The third-order valence-corrected chi connectivity index (χ3v) is 6.40. The molecule has 1 aliphatic heterocycles. The zero-order valence-electron chi connectivity index (χ0n) is 18.5. The van der Waals surface area contributed by atoms with E-state index in [0.717, 1.165) is 22.4 Å². The molecule has 0 aromatic heterocycles. The summed E-state index contributed by atoms with van der Waals surface area (Å²) in [7, 11) is 0. The van der Waals surface area contributed by atoms with Crippen LogP contribution in [-0.2, 0) is 9.59 Å². The van der Waals surface area contributed by atoms with E-state index in [1.54, 1.807) is 30.3 Å². The highest BCUT2D eigenvalue weighted by molar-refractivity contribution is 8.27. The standard InChI is InChI=1S/C26H21FN2O3S2/c1-16-3-4-17(2)22(13-16)28-24(30)15-32-21-11-5-18(6-12-21)14-23-25(31)29(26(33)34-23)20-9-7-19(27)8-10-20/h3-14H,15H2,1-2H3,(H,28,30)/b23-14-. The summed E-state index contributed by atoms with van der Waals surface area (Å²) >= 11 is 6.53. The minimum absolute atomic E-state index is 0.122. The van der Waals surface area contributed by atoms with Gasteiger partial charge in [0.2, 0.25) is 0 Å². The second-order valence-electron chi connectivity index (χ2n) is 7.72. The van der Waals surface area contributed by atoms with Gasteiger partial charge in [-0.15, -0.1) is 0 Å². The molecule has 0 atom stereocenters. The van der Waals surface area contributed by atoms with Crippen LogP contribution in [0, 0.1) is 19.7 Å². The van der Waals surface area contributed by atoms with Crippen molar-refractivity contribution in [2.45, 2.75) is 13.8 Å². The molecule has 0 saturated carbocycles. The summed E-state index contributed by atoms with van der Waals surface area (Å²) in [5.41, 5.74) is 4.11. The second kappa shape index (κ2) is 10.2. The number of amides is 2. The molecule has 0 unspecified atom stereocenters. The van der Waals surface area contributed by atoms with Gasteiger partial charge < -0.3 is 10.1 Å². The van der Waals surface area contributed by atoms with Crippen LogP contribution in [0.5, 0.6) is 5.75 Å². The van der Waals surface area contributed by atoms with Crippen molar-refractivity contribution in [3.8, 4) is 5.75 Å². The Kier molecular flexibility index (Phi) is 7.09. The predicted octanol–water partition coefficient (Wildman–Crippen LogP) is 5.87. The van der Waals surface area contributed by atoms with Crippen LogP contribution >= 0.6 is 24.0 Å².